The van der Waals surface area contributed by atoms with Crippen molar-refractivity contribution in [3.63, 3.8) is 0 Å². The number of ether oxygens (including phenoxy) is 3. The molecule has 15 heavy (non-hydrogen) atoms. The van der Waals surface area contributed by atoms with Crippen LogP contribution in [0.1, 0.15) is 6.92 Å². The van der Waals surface area contributed by atoms with Crippen LogP contribution in [0.5, 0.6) is 11.5 Å². The predicted octanol–water partition coefficient (Wildman–Crippen LogP) is 2.09. The van der Waals surface area contributed by atoms with Crippen molar-refractivity contribution in [3.8, 4) is 11.5 Å². The Morgan fingerprint density at radius 1 is 1.13 bits per heavy atom. The molecular weight excluding hydrogens is 194 g/mol. The van der Waals surface area contributed by atoms with Gasteiger partial charge in [-0.3, -0.25) is 5.41 Å². The molecule has 0 aromatic heterocycles. The monoisotopic (exact) mass is 209 g/mol. The van der Waals surface area contributed by atoms with E-state index in [0.717, 1.165) is 5.75 Å². The molecule has 0 heterocycles. The Morgan fingerprint density at radius 2 is 1.67 bits per heavy atom. The maximum Gasteiger partial charge on any atom is 0.219 e. The van der Waals surface area contributed by atoms with E-state index in [9.17, 15) is 0 Å². The minimum atomic E-state index is 0.101. The van der Waals surface area contributed by atoms with Gasteiger partial charge in [0, 0.05) is 0 Å². The van der Waals surface area contributed by atoms with Gasteiger partial charge in [-0.2, -0.15) is 0 Å². The third kappa shape index (κ3) is 3.89. The third-order valence-corrected chi connectivity index (χ3v) is 1.75. The summed E-state index contributed by atoms with van der Waals surface area (Å²) in [5.41, 5.74) is 0. The Morgan fingerprint density at radius 3 is 2.13 bits per heavy atom. The first kappa shape index (κ1) is 11.4. The van der Waals surface area contributed by atoms with Crippen LogP contribution in [0.3, 0.4) is 0 Å². The Kier molecular flexibility index (Phi) is 4.47. The lowest BCUT2D eigenvalue weighted by Crippen LogP contribution is -2.11. The number of hydrogen-bond acceptors (Lipinski definition) is 4. The van der Waals surface area contributed by atoms with Gasteiger partial charge in [0.15, 0.2) is 6.61 Å². The van der Waals surface area contributed by atoms with E-state index >= 15 is 0 Å². The maximum atomic E-state index is 7.22. The molecule has 0 radical (unpaired) electrons. The molecule has 1 aromatic carbocycles. The molecule has 82 valence electrons. The third-order valence-electron chi connectivity index (χ3n) is 1.75. The van der Waals surface area contributed by atoms with Crippen LogP contribution < -0.4 is 9.47 Å². The lowest BCUT2D eigenvalue weighted by atomic mass is 10.3. The van der Waals surface area contributed by atoms with Crippen LogP contribution in [0.15, 0.2) is 24.3 Å². The molecule has 1 N–H and O–H groups in total. The second kappa shape index (κ2) is 5.90. The van der Waals surface area contributed by atoms with E-state index in [-0.39, 0.29) is 12.5 Å². The summed E-state index contributed by atoms with van der Waals surface area (Å²) in [4.78, 5) is 0. The average molecular weight is 209 g/mol. The molecule has 0 saturated heterocycles. The summed E-state index contributed by atoms with van der Waals surface area (Å²) in [6.07, 6.45) is 0. The summed E-state index contributed by atoms with van der Waals surface area (Å²) in [6, 6.07) is 7.26. The molecule has 0 bridgehead atoms. The summed E-state index contributed by atoms with van der Waals surface area (Å²) < 4.78 is 15.2. The van der Waals surface area contributed by atoms with Gasteiger partial charge < -0.3 is 14.2 Å². The van der Waals surface area contributed by atoms with Crippen molar-refractivity contribution in [1.82, 2.24) is 0 Å². The molecule has 0 aliphatic carbocycles. The lowest BCUT2D eigenvalue weighted by molar-refractivity contribution is 0.308. The first-order valence-electron chi connectivity index (χ1n) is 4.73. The summed E-state index contributed by atoms with van der Waals surface area (Å²) in [5, 5.41) is 7.22. The Balaban J connectivity index is 2.45. The van der Waals surface area contributed by atoms with Crippen LogP contribution in [-0.2, 0) is 4.74 Å². The SMILES string of the molecule is CCOc1ccc(OCC(=N)OC)cc1. The fourth-order valence-corrected chi connectivity index (χ4v) is 1.01. The fourth-order valence-electron chi connectivity index (χ4n) is 1.01. The zero-order valence-electron chi connectivity index (χ0n) is 8.95. The second-order valence-electron chi connectivity index (χ2n) is 2.82. The summed E-state index contributed by atoms with van der Waals surface area (Å²) in [6.45, 7) is 2.73. The van der Waals surface area contributed by atoms with Gasteiger partial charge in [-0.25, -0.2) is 0 Å². The number of hydrogen-bond donors (Lipinski definition) is 1. The highest BCUT2D eigenvalue weighted by Crippen LogP contribution is 2.17. The molecule has 0 spiro atoms. The van der Waals surface area contributed by atoms with Gasteiger partial charge in [-0.1, -0.05) is 0 Å². The minimum absolute atomic E-state index is 0.101. The molecule has 0 amide bonds. The normalized spacial score (nSPS) is 9.47. The Labute approximate surface area is 89.3 Å². The van der Waals surface area contributed by atoms with Crippen LogP contribution in [-0.4, -0.2) is 26.2 Å². The summed E-state index contributed by atoms with van der Waals surface area (Å²) in [7, 11) is 1.45. The molecule has 4 heteroatoms. The number of nitrogens with one attached hydrogen (secondary N) is 1. The molecular formula is C11H15NO3. The standard InChI is InChI=1S/C11H15NO3/c1-3-14-9-4-6-10(7-5-9)15-8-11(12)13-2/h4-7,12H,3,8H2,1-2H3. The van der Waals surface area contributed by atoms with E-state index in [4.69, 9.17) is 14.9 Å². The van der Waals surface area contributed by atoms with E-state index in [1.54, 1.807) is 12.1 Å². The highest BCUT2D eigenvalue weighted by atomic mass is 16.5. The van der Waals surface area contributed by atoms with Crippen molar-refractivity contribution >= 4 is 5.90 Å². The van der Waals surface area contributed by atoms with E-state index in [0.29, 0.717) is 12.4 Å². The summed E-state index contributed by atoms with van der Waals surface area (Å²) >= 11 is 0. The van der Waals surface area contributed by atoms with Crippen molar-refractivity contribution in [2.24, 2.45) is 0 Å². The zero-order valence-corrected chi connectivity index (χ0v) is 8.95. The van der Waals surface area contributed by atoms with Crippen LogP contribution in [0.2, 0.25) is 0 Å². The van der Waals surface area contributed by atoms with Crippen molar-refractivity contribution in [2.75, 3.05) is 20.3 Å². The van der Waals surface area contributed by atoms with Crippen LogP contribution >= 0.6 is 0 Å². The van der Waals surface area contributed by atoms with Crippen molar-refractivity contribution in [1.29, 1.82) is 5.41 Å². The van der Waals surface area contributed by atoms with Gasteiger partial charge in [-0.05, 0) is 31.2 Å². The van der Waals surface area contributed by atoms with Gasteiger partial charge in [0.1, 0.15) is 11.5 Å². The minimum Gasteiger partial charge on any atom is -0.494 e. The first-order valence-corrected chi connectivity index (χ1v) is 4.73. The van der Waals surface area contributed by atoms with E-state index in [2.05, 4.69) is 4.74 Å². The molecule has 0 aliphatic rings. The highest BCUT2D eigenvalue weighted by Gasteiger charge is 1.98. The summed E-state index contributed by atoms with van der Waals surface area (Å²) in [5.74, 6) is 1.61. The average Bonchev–Trinajstić information content (AvgIpc) is 2.28. The molecule has 0 fully saturated rings. The van der Waals surface area contributed by atoms with Crippen LogP contribution in [0.25, 0.3) is 0 Å². The molecule has 0 aliphatic heterocycles. The maximum absolute atomic E-state index is 7.22. The van der Waals surface area contributed by atoms with Crippen molar-refractivity contribution in [2.45, 2.75) is 6.92 Å². The van der Waals surface area contributed by atoms with E-state index in [1.165, 1.54) is 7.11 Å². The fraction of sp³-hybridized carbons (Fsp3) is 0.364. The van der Waals surface area contributed by atoms with Crippen molar-refractivity contribution in [3.05, 3.63) is 24.3 Å². The molecule has 0 saturated carbocycles. The van der Waals surface area contributed by atoms with E-state index < -0.39 is 0 Å². The molecule has 1 aromatic rings. The molecule has 0 unspecified atom stereocenters. The van der Waals surface area contributed by atoms with Gasteiger partial charge in [0.05, 0.1) is 13.7 Å². The smallest absolute Gasteiger partial charge is 0.219 e. The van der Waals surface area contributed by atoms with E-state index in [1.807, 2.05) is 19.1 Å². The van der Waals surface area contributed by atoms with Crippen LogP contribution in [0, 0.1) is 5.41 Å². The molecule has 0 atom stereocenters. The van der Waals surface area contributed by atoms with Gasteiger partial charge in [0.2, 0.25) is 5.90 Å². The zero-order chi connectivity index (χ0) is 11.1. The number of methoxy groups -OCH3 is 1. The predicted molar refractivity (Wildman–Crippen MR) is 57.8 cm³/mol. The number of benzene rings is 1. The van der Waals surface area contributed by atoms with Crippen LogP contribution in [0.4, 0.5) is 0 Å². The van der Waals surface area contributed by atoms with Crippen molar-refractivity contribution < 1.29 is 14.2 Å². The van der Waals surface area contributed by atoms with Gasteiger partial charge in [0.25, 0.3) is 0 Å². The first-order chi connectivity index (χ1) is 7.26. The Hall–Kier alpha value is -1.71. The highest BCUT2D eigenvalue weighted by molar-refractivity contribution is 5.73. The topological polar surface area (TPSA) is 51.5 Å². The molecule has 1 rings (SSSR count). The second-order valence-corrected chi connectivity index (χ2v) is 2.82. The van der Waals surface area contributed by atoms with Gasteiger partial charge in [-0.15, -0.1) is 0 Å². The lowest BCUT2D eigenvalue weighted by Gasteiger charge is -2.07. The quantitative estimate of drug-likeness (QED) is 0.596. The van der Waals surface area contributed by atoms with Gasteiger partial charge >= 0.3 is 0 Å². The largest absolute Gasteiger partial charge is 0.494 e. The number of rotatable bonds is 5. The molecule has 4 nitrogen and oxygen atoms in total. The Bertz CT molecular complexity index is 308.